The van der Waals surface area contributed by atoms with Crippen LogP contribution >= 0.6 is 0 Å². The summed E-state index contributed by atoms with van der Waals surface area (Å²) >= 11 is 0. The molecule has 37 heavy (non-hydrogen) atoms. The maximum absolute atomic E-state index is 12.8. The second-order valence-electron chi connectivity index (χ2n) is 8.52. The minimum Gasteiger partial charge on any atom is -0.508 e. The van der Waals surface area contributed by atoms with Gasteiger partial charge in [0, 0.05) is 20.1 Å². The first kappa shape index (κ1) is 29.3. The van der Waals surface area contributed by atoms with E-state index in [1.54, 1.807) is 12.1 Å². The first-order valence-electron chi connectivity index (χ1n) is 11.9. The Bertz CT molecular complexity index is 1030. The number of rotatable bonds is 14. The summed E-state index contributed by atoms with van der Waals surface area (Å²) in [6, 6.07) is 12.5. The van der Waals surface area contributed by atoms with E-state index in [0.717, 1.165) is 11.1 Å². The van der Waals surface area contributed by atoms with Gasteiger partial charge in [-0.25, -0.2) is 0 Å². The number of carbonyl (C=O) groups excluding carboxylic acids is 4. The molecule has 0 saturated heterocycles. The monoisotopic (exact) mass is 513 g/mol. The van der Waals surface area contributed by atoms with Crippen LogP contribution in [0.5, 0.6) is 5.75 Å². The zero-order chi connectivity index (χ0) is 27.2. The van der Waals surface area contributed by atoms with Crippen LogP contribution in [0, 0.1) is 0 Å². The van der Waals surface area contributed by atoms with Gasteiger partial charge in [-0.2, -0.15) is 0 Å². The molecule has 0 bridgehead atoms. The lowest BCUT2D eigenvalue weighted by Crippen LogP contribution is -2.56. The van der Waals surface area contributed by atoms with Crippen LogP contribution < -0.4 is 27.0 Å². The van der Waals surface area contributed by atoms with E-state index in [9.17, 15) is 24.3 Å². The zero-order valence-corrected chi connectivity index (χ0v) is 21.0. The number of carbonyl (C=O) groups is 4. The number of methoxy groups -OCH3 is 1. The van der Waals surface area contributed by atoms with Gasteiger partial charge in [-0.1, -0.05) is 42.5 Å². The first-order valence-corrected chi connectivity index (χ1v) is 11.9. The summed E-state index contributed by atoms with van der Waals surface area (Å²) in [7, 11) is 1.51. The fourth-order valence-electron chi connectivity index (χ4n) is 3.37. The van der Waals surface area contributed by atoms with Gasteiger partial charge in [0.1, 0.15) is 17.8 Å². The van der Waals surface area contributed by atoms with Crippen molar-refractivity contribution in [2.75, 3.05) is 26.8 Å². The number of nitrogens with one attached hydrogen (secondary N) is 4. The highest BCUT2D eigenvalue weighted by atomic mass is 16.5. The molecule has 0 saturated carbocycles. The van der Waals surface area contributed by atoms with Gasteiger partial charge in [0.2, 0.25) is 23.6 Å². The van der Waals surface area contributed by atoms with Gasteiger partial charge in [0.15, 0.2) is 0 Å². The summed E-state index contributed by atoms with van der Waals surface area (Å²) in [5.74, 6) is -1.94. The van der Waals surface area contributed by atoms with E-state index < -0.39 is 41.8 Å². The normalized spacial score (nSPS) is 13.1. The lowest BCUT2D eigenvalue weighted by molar-refractivity contribution is -0.132. The van der Waals surface area contributed by atoms with E-state index in [1.165, 1.54) is 26.2 Å². The van der Waals surface area contributed by atoms with Crippen molar-refractivity contribution in [1.82, 2.24) is 21.3 Å². The molecule has 2 rings (SSSR count). The average Bonchev–Trinajstić information content (AvgIpc) is 2.88. The number of phenols is 1. The van der Waals surface area contributed by atoms with Crippen LogP contribution in [0.1, 0.15) is 18.1 Å². The van der Waals surface area contributed by atoms with E-state index in [1.807, 2.05) is 30.3 Å². The Morgan fingerprint density at radius 3 is 2.16 bits per heavy atom. The number of aromatic hydroxyl groups is 1. The SMILES string of the molecule is COCCNC(=O)CNC(=O)[C@H](Cc1ccccc1)NC(=O)[C@@H](C)NC(=O)[C@@H](N)Cc1ccc(O)cc1. The highest BCUT2D eigenvalue weighted by Crippen LogP contribution is 2.11. The second-order valence-corrected chi connectivity index (χ2v) is 8.52. The van der Waals surface area contributed by atoms with Crippen molar-refractivity contribution < 1.29 is 29.0 Å². The Kier molecular flexibility index (Phi) is 12.0. The van der Waals surface area contributed by atoms with Crippen molar-refractivity contribution in [2.24, 2.45) is 5.73 Å². The van der Waals surface area contributed by atoms with Gasteiger partial charge in [0.05, 0.1) is 19.2 Å². The predicted molar refractivity (Wildman–Crippen MR) is 137 cm³/mol. The lowest BCUT2D eigenvalue weighted by Gasteiger charge is -2.22. The van der Waals surface area contributed by atoms with Gasteiger partial charge in [-0.05, 0) is 36.6 Å². The maximum Gasteiger partial charge on any atom is 0.243 e. The molecular formula is C26H35N5O6. The molecule has 0 unspecified atom stereocenters. The van der Waals surface area contributed by atoms with Gasteiger partial charge >= 0.3 is 0 Å². The summed E-state index contributed by atoms with van der Waals surface area (Å²) in [5, 5.41) is 19.7. The van der Waals surface area contributed by atoms with Gasteiger partial charge in [-0.3, -0.25) is 19.2 Å². The first-order chi connectivity index (χ1) is 17.7. The van der Waals surface area contributed by atoms with Crippen molar-refractivity contribution in [3.8, 4) is 5.75 Å². The fourth-order valence-corrected chi connectivity index (χ4v) is 3.37. The molecule has 4 amide bonds. The van der Waals surface area contributed by atoms with E-state index in [2.05, 4.69) is 21.3 Å². The van der Waals surface area contributed by atoms with E-state index in [0.29, 0.717) is 13.2 Å². The Morgan fingerprint density at radius 1 is 0.865 bits per heavy atom. The van der Waals surface area contributed by atoms with Crippen LogP contribution in [0.4, 0.5) is 0 Å². The van der Waals surface area contributed by atoms with Crippen molar-refractivity contribution in [1.29, 1.82) is 0 Å². The van der Waals surface area contributed by atoms with Crippen LogP contribution in [0.2, 0.25) is 0 Å². The van der Waals surface area contributed by atoms with Crippen molar-refractivity contribution in [3.63, 3.8) is 0 Å². The van der Waals surface area contributed by atoms with Gasteiger partial charge in [-0.15, -0.1) is 0 Å². The fraction of sp³-hybridized carbons (Fsp3) is 0.385. The molecule has 0 aliphatic heterocycles. The summed E-state index contributed by atoms with van der Waals surface area (Å²) < 4.78 is 4.87. The van der Waals surface area contributed by atoms with E-state index >= 15 is 0 Å². The molecule has 11 heteroatoms. The van der Waals surface area contributed by atoms with Crippen LogP contribution in [0.25, 0.3) is 0 Å². The molecule has 0 fully saturated rings. The number of nitrogens with two attached hydrogens (primary N) is 1. The van der Waals surface area contributed by atoms with Crippen molar-refractivity contribution in [3.05, 3.63) is 65.7 Å². The molecule has 2 aromatic carbocycles. The quantitative estimate of drug-likeness (QED) is 0.183. The Hall–Kier alpha value is -3.96. The third kappa shape index (κ3) is 10.7. The van der Waals surface area contributed by atoms with E-state index in [-0.39, 0.29) is 25.1 Å². The molecule has 0 aliphatic carbocycles. The second kappa shape index (κ2) is 15.2. The van der Waals surface area contributed by atoms with Crippen LogP contribution in [0.15, 0.2) is 54.6 Å². The highest BCUT2D eigenvalue weighted by Gasteiger charge is 2.26. The third-order valence-electron chi connectivity index (χ3n) is 5.45. The Labute approximate surface area is 216 Å². The molecule has 0 aromatic heterocycles. The molecule has 200 valence electrons. The number of amides is 4. The number of phenolic OH excluding ortho intramolecular Hbond substituents is 1. The largest absolute Gasteiger partial charge is 0.508 e. The molecule has 3 atom stereocenters. The molecule has 0 spiro atoms. The standard InChI is InChI=1S/C26H35N5O6/c1-17(30-25(35)21(27)14-19-8-10-20(32)11-9-19)24(34)31-22(15-18-6-4-3-5-7-18)26(36)29-16-23(33)28-12-13-37-2/h3-11,17,21-22,32H,12-16,27H2,1-2H3,(H,28,33)(H,29,36)(H,30,35)(H,31,34)/t17-,21+,22+/m1/s1. The Morgan fingerprint density at radius 2 is 1.51 bits per heavy atom. The van der Waals surface area contributed by atoms with Gasteiger partial charge in [0.25, 0.3) is 0 Å². The molecule has 0 heterocycles. The zero-order valence-electron chi connectivity index (χ0n) is 21.0. The van der Waals surface area contributed by atoms with Gasteiger partial charge < -0.3 is 36.8 Å². The number of hydrogen-bond acceptors (Lipinski definition) is 7. The van der Waals surface area contributed by atoms with Crippen LogP contribution in [-0.2, 0) is 36.8 Å². The summed E-state index contributed by atoms with van der Waals surface area (Å²) in [6.07, 6.45) is 0.399. The van der Waals surface area contributed by atoms with Crippen LogP contribution in [0.3, 0.4) is 0 Å². The van der Waals surface area contributed by atoms with Crippen molar-refractivity contribution >= 4 is 23.6 Å². The van der Waals surface area contributed by atoms with E-state index in [4.69, 9.17) is 10.5 Å². The summed E-state index contributed by atoms with van der Waals surface area (Å²) in [5.41, 5.74) is 7.54. The molecule has 11 nitrogen and oxygen atoms in total. The number of hydrogen-bond donors (Lipinski definition) is 6. The number of ether oxygens (including phenoxy) is 1. The maximum atomic E-state index is 12.8. The highest BCUT2D eigenvalue weighted by molar-refractivity contribution is 5.94. The topological polar surface area (TPSA) is 172 Å². The molecule has 2 aromatic rings. The molecule has 7 N–H and O–H groups in total. The molecule has 0 radical (unpaired) electrons. The molecular weight excluding hydrogens is 478 g/mol. The smallest absolute Gasteiger partial charge is 0.243 e. The third-order valence-corrected chi connectivity index (χ3v) is 5.45. The number of benzene rings is 2. The minimum atomic E-state index is -0.980. The van der Waals surface area contributed by atoms with Crippen molar-refractivity contribution in [2.45, 2.75) is 37.9 Å². The van der Waals surface area contributed by atoms with Crippen LogP contribution in [-0.4, -0.2) is 73.7 Å². The Balaban J connectivity index is 1.96. The molecule has 0 aliphatic rings. The average molecular weight is 514 g/mol. The lowest BCUT2D eigenvalue weighted by atomic mass is 10.0. The predicted octanol–water partition coefficient (Wildman–Crippen LogP) is -0.627. The summed E-state index contributed by atoms with van der Waals surface area (Å²) in [6.45, 7) is 1.87. The summed E-state index contributed by atoms with van der Waals surface area (Å²) in [4.78, 5) is 50.1. The minimum absolute atomic E-state index is 0.105.